The topological polar surface area (TPSA) is 309 Å². The second-order valence-corrected chi connectivity index (χ2v) is 15.6. The van der Waals surface area contributed by atoms with Crippen LogP contribution in [-0.4, -0.2) is 75.0 Å². The Morgan fingerprint density at radius 2 is 1.13 bits per heavy atom. The van der Waals surface area contributed by atoms with Gasteiger partial charge in [-0.15, -0.1) is 0 Å². The lowest BCUT2D eigenvalue weighted by molar-refractivity contribution is -0.123. The van der Waals surface area contributed by atoms with Crippen LogP contribution < -0.4 is 41.8 Å². The summed E-state index contributed by atoms with van der Waals surface area (Å²) in [6, 6.07) is 23.4. The lowest BCUT2D eigenvalue weighted by Gasteiger charge is -2.20. The van der Waals surface area contributed by atoms with Crippen LogP contribution in [0.25, 0.3) is 6.08 Å². The van der Waals surface area contributed by atoms with Crippen LogP contribution in [0.4, 0.5) is 22.7 Å². The molecule has 0 aliphatic heterocycles. The number of carbonyl (C=O) groups is 7. The molecule has 350 valence electrons. The van der Waals surface area contributed by atoms with Gasteiger partial charge in [-0.3, -0.25) is 28.8 Å². The van der Waals surface area contributed by atoms with E-state index in [0.717, 1.165) is 11.6 Å². The van der Waals surface area contributed by atoms with Crippen molar-refractivity contribution in [1.29, 1.82) is 5.26 Å². The summed E-state index contributed by atoms with van der Waals surface area (Å²) in [7, 11) is 0. The summed E-state index contributed by atoms with van der Waals surface area (Å²) in [5.74, 6) is -7.71. The fourth-order valence-corrected chi connectivity index (χ4v) is 6.28. The van der Waals surface area contributed by atoms with Gasteiger partial charge in [-0.1, -0.05) is 12.1 Å². The minimum absolute atomic E-state index is 0.0183. The third-order valence-corrected chi connectivity index (χ3v) is 9.57. The Labute approximate surface area is 389 Å². The predicted octanol–water partition coefficient (Wildman–Crippen LogP) is 6.40. The lowest BCUT2D eigenvalue weighted by Crippen LogP contribution is -2.46. The van der Waals surface area contributed by atoms with E-state index in [1.165, 1.54) is 66.7 Å². The molecule has 0 aliphatic carbocycles. The first-order valence-corrected chi connectivity index (χ1v) is 20.8. The molecule has 0 saturated heterocycles. The summed E-state index contributed by atoms with van der Waals surface area (Å²) in [6.45, 7) is 8.18. The fraction of sp³-hybridized carbons (Fsp3) is 0.184. The second-order valence-electron chi connectivity index (χ2n) is 15.6. The Morgan fingerprint density at radius 1 is 0.647 bits per heavy atom. The summed E-state index contributed by atoms with van der Waals surface area (Å²) in [5, 5.41) is 53.2. The number of rotatable bonds is 18. The van der Waals surface area contributed by atoms with E-state index < -0.39 is 83.1 Å². The van der Waals surface area contributed by atoms with E-state index >= 15 is 0 Å². The molecule has 5 rings (SSSR count). The number of aromatic carboxylic acids is 1. The van der Waals surface area contributed by atoms with E-state index in [1.54, 1.807) is 65.0 Å². The molecular formula is C49H47N7O12. The van der Waals surface area contributed by atoms with Gasteiger partial charge in [-0.25, -0.2) is 4.79 Å². The van der Waals surface area contributed by atoms with Crippen molar-refractivity contribution in [1.82, 2.24) is 5.32 Å². The minimum atomic E-state index is -1.43. The molecule has 6 amide bonds. The number of nitriles is 1. The van der Waals surface area contributed by atoms with Crippen LogP contribution in [0.2, 0.25) is 0 Å². The third-order valence-electron chi connectivity index (χ3n) is 9.57. The fourth-order valence-electron chi connectivity index (χ4n) is 6.28. The molecule has 0 aromatic heterocycles. The molecule has 0 fully saturated rings. The highest BCUT2D eigenvalue weighted by molar-refractivity contribution is 6.11. The Hall–Kier alpha value is -9.18. The van der Waals surface area contributed by atoms with Crippen LogP contribution in [-0.2, 0) is 14.4 Å². The highest BCUT2D eigenvalue weighted by atomic mass is 16.5. The Bertz CT molecular complexity index is 2830. The van der Waals surface area contributed by atoms with Gasteiger partial charge in [0.2, 0.25) is 11.8 Å². The summed E-state index contributed by atoms with van der Waals surface area (Å²) < 4.78 is 11.4. The smallest absolute Gasteiger partial charge is 0.339 e. The molecule has 0 saturated carbocycles. The van der Waals surface area contributed by atoms with Crippen molar-refractivity contribution in [2.45, 2.75) is 59.3 Å². The maximum Gasteiger partial charge on any atom is 0.339 e. The molecule has 5 aromatic carbocycles. The third kappa shape index (κ3) is 13.0. The van der Waals surface area contributed by atoms with Gasteiger partial charge in [0.25, 0.3) is 23.6 Å². The van der Waals surface area contributed by atoms with Crippen LogP contribution in [0.5, 0.6) is 23.0 Å². The van der Waals surface area contributed by atoms with Crippen molar-refractivity contribution in [2.24, 2.45) is 5.73 Å². The number of primary amides is 1. The lowest BCUT2D eigenvalue weighted by atomic mass is 10.1. The molecule has 19 nitrogen and oxygen atoms in total. The molecule has 0 heterocycles. The van der Waals surface area contributed by atoms with E-state index in [0.29, 0.717) is 16.8 Å². The number of aromatic hydroxyl groups is 2. The largest absolute Gasteiger partial charge is 0.504 e. The number of phenols is 2. The summed E-state index contributed by atoms with van der Waals surface area (Å²) in [6.07, 6.45) is 0.0241. The van der Waals surface area contributed by atoms with Crippen molar-refractivity contribution in [3.05, 3.63) is 136 Å². The van der Waals surface area contributed by atoms with Gasteiger partial charge in [0.1, 0.15) is 11.6 Å². The highest BCUT2D eigenvalue weighted by Gasteiger charge is 2.27. The first kappa shape index (κ1) is 49.8. The van der Waals surface area contributed by atoms with Crippen molar-refractivity contribution >= 4 is 70.2 Å². The molecule has 1 atom stereocenters. The van der Waals surface area contributed by atoms with Crippen LogP contribution >= 0.6 is 0 Å². The molecule has 0 aliphatic rings. The first-order chi connectivity index (χ1) is 32.2. The van der Waals surface area contributed by atoms with Crippen LogP contribution in [0.3, 0.4) is 0 Å². The molecule has 5 aromatic rings. The minimum Gasteiger partial charge on any atom is -0.504 e. The van der Waals surface area contributed by atoms with Crippen molar-refractivity contribution in [3.8, 4) is 29.1 Å². The summed E-state index contributed by atoms with van der Waals surface area (Å²) >= 11 is 0. The van der Waals surface area contributed by atoms with E-state index in [4.69, 9.17) is 20.5 Å². The normalized spacial score (nSPS) is 11.4. The molecular weight excluding hydrogens is 879 g/mol. The molecule has 19 heteroatoms. The van der Waals surface area contributed by atoms with Gasteiger partial charge < -0.3 is 57.1 Å². The number of amides is 6. The number of carboxylic acids is 1. The van der Waals surface area contributed by atoms with Gasteiger partial charge in [-0.2, -0.15) is 5.26 Å². The average molecular weight is 926 g/mol. The van der Waals surface area contributed by atoms with E-state index in [-0.39, 0.29) is 45.3 Å². The number of ether oxygens (including phenoxy) is 2. The number of benzene rings is 5. The Morgan fingerprint density at radius 3 is 1.63 bits per heavy atom. The molecule has 0 radical (unpaired) electrons. The number of anilines is 4. The first-order valence-electron chi connectivity index (χ1n) is 20.8. The summed E-state index contributed by atoms with van der Waals surface area (Å²) in [5.41, 5.74) is 6.88. The molecule has 0 bridgehead atoms. The van der Waals surface area contributed by atoms with Gasteiger partial charge in [0.05, 0.1) is 47.2 Å². The van der Waals surface area contributed by atoms with E-state index in [9.17, 15) is 48.9 Å². The maximum absolute atomic E-state index is 13.5. The number of hydrogen-bond acceptors (Lipinski definition) is 12. The number of nitrogens with zero attached hydrogens (tertiary/aromatic N) is 1. The van der Waals surface area contributed by atoms with Crippen molar-refractivity contribution in [2.75, 3.05) is 21.3 Å². The average Bonchev–Trinajstić information content (AvgIpc) is 3.28. The Balaban J connectivity index is 1.23. The zero-order valence-electron chi connectivity index (χ0n) is 37.3. The summed E-state index contributed by atoms with van der Waals surface area (Å²) in [4.78, 5) is 89.7. The predicted molar refractivity (Wildman–Crippen MR) is 251 cm³/mol. The van der Waals surface area contributed by atoms with Crippen LogP contribution in [0.15, 0.2) is 103 Å². The van der Waals surface area contributed by atoms with Crippen LogP contribution in [0.1, 0.15) is 93.6 Å². The van der Waals surface area contributed by atoms with E-state index in [1.807, 2.05) is 6.07 Å². The van der Waals surface area contributed by atoms with Crippen molar-refractivity contribution in [3.63, 3.8) is 0 Å². The number of phenolic OH excluding ortho intramolecular Hbond substituents is 1. The quantitative estimate of drug-likeness (QED) is 0.0430. The zero-order chi connectivity index (χ0) is 49.8. The number of nitrogens with two attached hydrogens (primary N) is 1. The zero-order valence-corrected chi connectivity index (χ0v) is 37.3. The number of nitrogens with one attached hydrogen (secondary N) is 5. The second kappa shape index (κ2) is 22.1. The van der Waals surface area contributed by atoms with Gasteiger partial charge in [-0.05, 0) is 131 Å². The molecule has 1 unspecified atom stereocenters. The Kier molecular flexibility index (Phi) is 16.2. The maximum atomic E-state index is 13.5. The number of hydrogen-bond donors (Lipinski definition) is 9. The van der Waals surface area contributed by atoms with Gasteiger partial charge in [0, 0.05) is 28.1 Å². The molecule has 0 spiro atoms. The van der Waals surface area contributed by atoms with Crippen LogP contribution in [0, 0.1) is 11.3 Å². The SMILES string of the molecule is C/C(=C\c1ccc(C#N)cc1)C(=O)Nc1ccc(C(=O)NC(CC(N)=O)C(=O)Nc2ccc(C(=O)Nc3ccc(C(=O)Nc4ccc(C(=O)O)c(O)c4OC(C)C)c(O)c3OC(C)C)cc2)cc1. The van der Waals surface area contributed by atoms with Crippen molar-refractivity contribution < 1.29 is 58.4 Å². The standard InChI is InChI=1S/C49H47N7O12/c1-25(2)67-42-36(20-18-34(40(42)58)47(63)55-37-21-19-35(49(65)66)41(59)43(37)68-26(3)4)54-45(61)30-12-16-33(17-13-30)53-48(64)38(23-39(51)57)56-46(62)31-10-14-32(15-11-31)52-44(60)27(5)22-28-6-8-29(24-50)9-7-28/h6-22,25-26,38,58-59H,23H2,1-5H3,(H2,51,57)(H,52,60)(H,53,64)(H,54,61)(H,55,63)(H,56,62)(H,65,66)/b27-22+. The highest BCUT2D eigenvalue weighted by Crippen LogP contribution is 2.41. The van der Waals surface area contributed by atoms with Gasteiger partial charge >= 0.3 is 5.97 Å². The monoisotopic (exact) mass is 925 g/mol. The molecule has 10 N–H and O–H groups in total. The molecule has 68 heavy (non-hydrogen) atoms. The number of carbonyl (C=O) groups excluding carboxylic acids is 6. The van der Waals surface area contributed by atoms with E-state index in [2.05, 4.69) is 26.6 Å². The van der Waals surface area contributed by atoms with Gasteiger partial charge in [0.15, 0.2) is 23.0 Å². The number of carboxylic acid groups (broad SMARTS) is 1.